The molecule has 0 spiro atoms. The van der Waals surface area contributed by atoms with Gasteiger partial charge in [0.05, 0.1) is 10.6 Å². The molecule has 1 aliphatic heterocycles. The van der Waals surface area contributed by atoms with Gasteiger partial charge < -0.3 is 15.5 Å². The second-order valence-electron chi connectivity index (χ2n) is 7.59. The predicted octanol–water partition coefficient (Wildman–Crippen LogP) is 4.28. The van der Waals surface area contributed by atoms with Gasteiger partial charge in [-0.25, -0.2) is 9.59 Å². The molecule has 0 radical (unpaired) electrons. The zero-order valence-corrected chi connectivity index (χ0v) is 18.2. The Morgan fingerprint density at radius 3 is 2.19 bits per heavy atom. The molecule has 0 amide bonds. The summed E-state index contributed by atoms with van der Waals surface area (Å²) in [7, 11) is 0. The van der Waals surface area contributed by atoms with Gasteiger partial charge in [-0.05, 0) is 43.5 Å². The highest BCUT2D eigenvalue weighted by Gasteiger charge is 2.34. The summed E-state index contributed by atoms with van der Waals surface area (Å²) in [6.45, 7) is 7.48. The van der Waals surface area contributed by atoms with E-state index in [-0.39, 0.29) is 5.02 Å². The molecule has 1 heterocycles. The van der Waals surface area contributed by atoms with Crippen molar-refractivity contribution in [3.05, 3.63) is 46.5 Å². The smallest absolute Gasteiger partial charge is 0.417 e. The average molecular weight is 465 g/mol. The molecule has 10 heteroatoms. The Bertz CT molecular complexity index is 747. The van der Waals surface area contributed by atoms with Gasteiger partial charge in [0.25, 0.3) is 0 Å². The van der Waals surface area contributed by atoms with Crippen LogP contribution in [0.3, 0.4) is 0 Å². The van der Waals surface area contributed by atoms with Crippen LogP contribution in [0.25, 0.3) is 0 Å². The van der Waals surface area contributed by atoms with E-state index in [1.165, 1.54) is 6.07 Å². The topological polar surface area (TPSA) is 89.9 Å². The van der Waals surface area contributed by atoms with Crippen LogP contribution in [0.5, 0.6) is 0 Å². The Morgan fingerprint density at radius 1 is 1.19 bits per heavy atom. The van der Waals surface area contributed by atoms with Gasteiger partial charge >= 0.3 is 18.1 Å². The molecular weight excluding hydrogens is 437 g/mol. The second-order valence-corrected chi connectivity index (χ2v) is 7.97. The Balaban J connectivity index is 0.000000512. The highest BCUT2D eigenvalue weighted by molar-refractivity contribution is 6.32. The van der Waals surface area contributed by atoms with E-state index in [0.717, 1.165) is 38.5 Å². The highest BCUT2D eigenvalue weighted by atomic mass is 35.5. The predicted molar refractivity (Wildman–Crippen MR) is 112 cm³/mol. The normalized spacial score (nSPS) is 15.2. The van der Waals surface area contributed by atoms with E-state index in [2.05, 4.69) is 24.1 Å². The number of nitrogens with zero attached hydrogens (tertiary/aromatic N) is 1. The standard InChI is InChI=1S/C17H24ClF3N2.C4H4O4/c1-12(2)10-23(14-6-8-22-9-7-14)11-13-4-3-5-15(16(13)18)17(19,20)21;5-3(6)1-2-4(7)8/h3-5,12,14,22H,6-11H2,1-2H3;1-2H,(H,5,6)(H,7,8). The summed E-state index contributed by atoms with van der Waals surface area (Å²) in [6, 6.07) is 4.58. The Labute approximate surface area is 184 Å². The molecule has 1 aliphatic rings. The summed E-state index contributed by atoms with van der Waals surface area (Å²) in [6.07, 6.45) is -1.26. The van der Waals surface area contributed by atoms with E-state index >= 15 is 0 Å². The molecule has 174 valence electrons. The minimum absolute atomic E-state index is 0.164. The summed E-state index contributed by atoms with van der Waals surface area (Å²) in [5.41, 5.74) is -0.188. The monoisotopic (exact) mass is 464 g/mol. The number of piperidine rings is 1. The number of rotatable bonds is 7. The third kappa shape index (κ3) is 10.2. The SMILES string of the molecule is CC(C)CN(Cc1cccc(C(F)(F)F)c1Cl)C1CCNCC1.O=C(O)C=CC(=O)O. The van der Waals surface area contributed by atoms with E-state index in [9.17, 15) is 22.8 Å². The molecule has 0 saturated carbocycles. The van der Waals surface area contributed by atoms with Crippen molar-refractivity contribution in [2.75, 3.05) is 19.6 Å². The van der Waals surface area contributed by atoms with Crippen molar-refractivity contribution in [1.29, 1.82) is 0 Å². The van der Waals surface area contributed by atoms with Crippen molar-refractivity contribution in [1.82, 2.24) is 10.2 Å². The third-order valence-corrected chi connectivity index (χ3v) is 5.00. The molecule has 31 heavy (non-hydrogen) atoms. The minimum Gasteiger partial charge on any atom is -0.478 e. The van der Waals surface area contributed by atoms with Crippen molar-refractivity contribution in [3.8, 4) is 0 Å². The number of nitrogens with one attached hydrogen (secondary N) is 1. The maximum absolute atomic E-state index is 13.0. The number of aliphatic carboxylic acids is 2. The van der Waals surface area contributed by atoms with Crippen molar-refractivity contribution in [3.63, 3.8) is 0 Å². The van der Waals surface area contributed by atoms with Gasteiger partial charge in [-0.3, -0.25) is 4.90 Å². The van der Waals surface area contributed by atoms with E-state index in [1.807, 2.05) is 0 Å². The molecule has 1 saturated heterocycles. The van der Waals surface area contributed by atoms with Gasteiger partial charge in [-0.1, -0.05) is 37.6 Å². The molecule has 0 aromatic heterocycles. The summed E-state index contributed by atoms with van der Waals surface area (Å²) in [4.78, 5) is 21.4. The van der Waals surface area contributed by atoms with E-state index in [1.54, 1.807) is 6.07 Å². The van der Waals surface area contributed by atoms with E-state index < -0.39 is 23.7 Å². The second kappa shape index (κ2) is 12.7. The average Bonchev–Trinajstić information content (AvgIpc) is 2.67. The van der Waals surface area contributed by atoms with Gasteiger partial charge in [-0.2, -0.15) is 13.2 Å². The van der Waals surface area contributed by atoms with Crippen LogP contribution in [0, 0.1) is 5.92 Å². The number of carboxylic acid groups (broad SMARTS) is 2. The van der Waals surface area contributed by atoms with Gasteiger partial charge in [-0.15, -0.1) is 0 Å². The minimum atomic E-state index is -4.41. The van der Waals surface area contributed by atoms with Crippen LogP contribution in [0.2, 0.25) is 5.02 Å². The highest BCUT2D eigenvalue weighted by Crippen LogP contribution is 2.36. The summed E-state index contributed by atoms with van der Waals surface area (Å²) < 4.78 is 39.1. The first kappa shape index (κ1) is 26.9. The molecule has 0 atom stereocenters. The van der Waals surface area contributed by atoms with Gasteiger partial charge in [0.1, 0.15) is 0 Å². The van der Waals surface area contributed by atoms with Crippen molar-refractivity contribution < 1.29 is 33.0 Å². The number of alkyl halides is 3. The van der Waals surface area contributed by atoms with Crippen LogP contribution in [0.4, 0.5) is 13.2 Å². The number of benzene rings is 1. The number of halogens is 4. The molecule has 0 bridgehead atoms. The van der Waals surface area contributed by atoms with Crippen LogP contribution in [0.1, 0.15) is 37.8 Å². The van der Waals surface area contributed by atoms with Crippen LogP contribution >= 0.6 is 11.6 Å². The molecular formula is C21H28ClF3N2O4. The fraction of sp³-hybridized carbons (Fsp3) is 0.524. The van der Waals surface area contributed by atoms with Crippen LogP contribution < -0.4 is 5.32 Å². The first-order valence-corrected chi connectivity index (χ1v) is 10.2. The largest absolute Gasteiger partial charge is 0.478 e. The van der Waals surface area contributed by atoms with Gasteiger partial charge in [0, 0.05) is 31.3 Å². The van der Waals surface area contributed by atoms with Crippen LogP contribution in [-0.2, 0) is 22.3 Å². The lowest BCUT2D eigenvalue weighted by molar-refractivity contribution is -0.137. The molecule has 2 rings (SSSR count). The fourth-order valence-corrected chi connectivity index (χ4v) is 3.56. The third-order valence-electron chi connectivity index (χ3n) is 4.55. The Morgan fingerprint density at radius 2 is 1.74 bits per heavy atom. The number of hydrogen-bond acceptors (Lipinski definition) is 4. The zero-order chi connectivity index (χ0) is 23.6. The summed E-state index contributed by atoms with van der Waals surface area (Å²) in [5, 5.41) is 18.8. The Kier molecular flexibility index (Phi) is 11.0. The van der Waals surface area contributed by atoms with Gasteiger partial charge in [0.15, 0.2) is 0 Å². The first-order valence-electron chi connectivity index (χ1n) is 9.85. The summed E-state index contributed by atoms with van der Waals surface area (Å²) >= 11 is 6.05. The molecule has 1 fully saturated rings. The molecule has 0 unspecified atom stereocenters. The lowest BCUT2D eigenvalue weighted by Crippen LogP contribution is -2.44. The molecule has 6 nitrogen and oxygen atoms in total. The number of carbonyl (C=O) groups is 2. The molecule has 1 aromatic carbocycles. The fourth-order valence-electron chi connectivity index (χ4n) is 3.27. The van der Waals surface area contributed by atoms with E-state index in [4.69, 9.17) is 21.8 Å². The number of hydrogen-bond donors (Lipinski definition) is 3. The molecule has 0 aliphatic carbocycles. The van der Waals surface area contributed by atoms with E-state index in [0.29, 0.717) is 36.2 Å². The van der Waals surface area contributed by atoms with Gasteiger partial charge in [0.2, 0.25) is 0 Å². The van der Waals surface area contributed by atoms with Crippen molar-refractivity contribution in [2.45, 2.75) is 45.5 Å². The quantitative estimate of drug-likeness (QED) is 0.522. The van der Waals surface area contributed by atoms with Crippen LogP contribution in [-0.4, -0.2) is 52.7 Å². The number of carboxylic acids is 2. The summed E-state index contributed by atoms with van der Waals surface area (Å²) in [5.74, 6) is -2.06. The van der Waals surface area contributed by atoms with Crippen molar-refractivity contribution in [2.24, 2.45) is 5.92 Å². The first-order chi connectivity index (χ1) is 14.4. The van der Waals surface area contributed by atoms with Crippen LogP contribution in [0.15, 0.2) is 30.4 Å². The molecule has 3 N–H and O–H groups in total. The zero-order valence-electron chi connectivity index (χ0n) is 17.5. The lowest BCUT2D eigenvalue weighted by Gasteiger charge is -2.36. The van der Waals surface area contributed by atoms with Crippen molar-refractivity contribution >= 4 is 23.5 Å². The molecule has 1 aromatic rings. The maximum Gasteiger partial charge on any atom is 0.417 e. The lowest BCUT2D eigenvalue weighted by atomic mass is 10.0. The Hall–Kier alpha value is -2.10. The maximum atomic E-state index is 13.0.